The van der Waals surface area contributed by atoms with Crippen molar-refractivity contribution < 1.29 is 13.2 Å². The maximum atomic E-state index is 11.5. The summed E-state index contributed by atoms with van der Waals surface area (Å²) >= 11 is 0. The van der Waals surface area contributed by atoms with Crippen LogP contribution in [0.15, 0.2) is 18.2 Å². The highest BCUT2D eigenvalue weighted by atomic mass is 32.2. The molecule has 130 valence electrons. The highest BCUT2D eigenvalue weighted by Crippen LogP contribution is 2.35. The summed E-state index contributed by atoms with van der Waals surface area (Å²) in [5, 5.41) is 3.38. The minimum absolute atomic E-state index is 0.107. The van der Waals surface area contributed by atoms with Gasteiger partial charge in [-0.3, -0.25) is 0 Å². The third kappa shape index (κ3) is 5.19. The van der Waals surface area contributed by atoms with Crippen LogP contribution >= 0.6 is 0 Å². The van der Waals surface area contributed by atoms with Crippen molar-refractivity contribution in [3.8, 4) is 5.75 Å². The van der Waals surface area contributed by atoms with E-state index in [4.69, 9.17) is 4.74 Å². The number of fused-ring (bicyclic) bond motifs is 1. The van der Waals surface area contributed by atoms with Gasteiger partial charge in [0.15, 0.2) is 0 Å². The summed E-state index contributed by atoms with van der Waals surface area (Å²) < 4.78 is 30.4. The fourth-order valence-electron chi connectivity index (χ4n) is 2.94. The first kappa shape index (κ1) is 18.2. The van der Waals surface area contributed by atoms with Gasteiger partial charge < -0.3 is 10.1 Å². The first-order chi connectivity index (χ1) is 10.7. The van der Waals surface area contributed by atoms with Crippen LogP contribution in [0, 0.1) is 0 Å². The number of nitrogens with one attached hydrogen (secondary N) is 1. The molecule has 1 heterocycles. The molecular weight excluding hydrogens is 312 g/mol. The van der Waals surface area contributed by atoms with Gasteiger partial charge >= 0.3 is 0 Å². The van der Waals surface area contributed by atoms with Crippen LogP contribution in [0.1, 0.15) is 38.3 Å². The summed E-state index contributed by atoms with van der Waals surface area (Å²) in [6.07, 6.45) is 3.01. The molecule has 0 atom stereocenters. The van der Waals surface area contributed by atoms with Gasteiger partial charge in [-0.15, -0.1) is 0 Å². The number of hydrogen-bond acceptors (Lipinski definition) is 4. The molecule has 0 saturated heterocycles. The van der Waals surface area contributed by atoms with Crippen molar-refractivity contribution >= 4 is 10.0 Å². The normalized spacial score (nSPS) is 16.4. The lowest BCUT2D eigenvalue weighted by molar-refractivity contribution is 0.138. The Labute approximate surface area is 140 Å². The molecule has 0 fully saturated rings. The smallest absolute Gasteiger partial charge is 0.211 e. The van der Waals surface area contributed by atoms with Crippen molar-refractivity contribution in [2.45, 2.75) is 45.8 Å². The van der Waals surface area contributed by atoms with Gasteiger partial charge in [-0.05, 0) is 44.0 Å². The Kier molecular flexibility index (Phi) is 5.70. The minimum Gasteiger partial charge on any atom is -0.487 e. The Bertz CT molecular complexity index is 641. The Morgan fingerprint density at radius 2 is 2.09 bits per heavy atom. The van der Waals surface area contributed by atoms with E-state index in [1.807, 2.05) is 13.0 Å². The van der Waals surface area contributed by atoms with E-state index in [1.165, 1.54) is 21.7 Å². The number of hydrogen-bond donors (Lipinski definition) is 1. The standard InChI is InChI=1S/C17H28N2O3S/c1-5-19(23(4,20)21)10-6-9-18-13-14-7-8-16-15(11-14)12-17(2,3)22-16/h7-8,11,18H,5-6,9-10,12-13H2,1-4H3. The SMILES string of the molecule is CCN(CCCNCc1ccc2c(c1)CC(C)(C)O2)S(C)(=O)=O. The Hall–Kier alpha value is -1.11. The lowest BCUT2D eigenvalue weighted by atomic mass is 10.0. The minimum atomic E-state index is -3.08. The molecule has 0 aromatic heterocycles. The summed E-state index contributed by atoms with van der Waals surface area (Å²) in [4.78, 5) is 0. The van der Waals surface area contributed by atoms with Crippen molar-refractivity contribution in [1.82, 2.24) is 9.62 Å². The van der Waals surface area contributed by atoms with E-state index in [2.05, 4.69) is 31.3 Å². The summed E-state index contributed by atoms with van der Waals surface area (Å²) in [5.74, 6) is 0.991. The van der Waals surface area contributed by atoms with Crippen LogP contribution in [-0.2, 0) is 23.0 Å². The maximum absolute atomic E-state index is 11.5. The lowest BCUT2D eigenvalue weighted by Crippen LogP contribution is -2.32. The zero-order valence-corrected chi connectivity index (χ0v) is 15.4. The predicted octanol–water partition coefficient (Wildman–Crippen LogP) is 2.16. The second-order valence-electron chi connectivity index (χ2n) is 6.77. The van der Waals surface area contributed by atoms with E-state index in [0.29, 0.717) is 13.1 Å². The molecule has 0 amide bonds. The number of nitrogens with zero attached hydrogens (tertiary/aromatic N) is 1. The number of rotatable bonds is 8. The molecule has 1 N–H and O–H groups in total. The molecule has 1 aromatic carbocycles. The molecule has 0 saturated carbocycles. The van der Waals surface area contributed by atoms with E-state index < -0.39 is 10.0 Å². The molecule has 0 unspecified atom stereocenters. The van der Waals surface area contributed by atoms with Crippen molar-refractivity contribution in [3.63, 3.8) is 0 Å². The molecule has 6 heteroatoms. The zero-order chi connectivity index (χ0) is 17.1. The largest absolute Gasteiger partial charge is 0.487 e. The molecular formula is C17H28N2O3S. The molecule has 5 nitrogen and oxygen atoms in total. The highest BCUT2D eigenvalue weighted by molar-refractivity contribution is 7.88. The Morgan fingerprint density at radius 1 is 1.35 bits per heavy atom. The molecule has 0 aliphatic carbocycles. The topological polar surface area (TPSA) is 58.6 Å². The van der Waals surface area contributed by atoms with Crippen LogP contribution in [-0.4, -0.2) is 44.2 Å². The molecule has 1 aliphatic heterocycles. The van der Waals surface area contributed by atoms with E-state index in [-0.39, 0.29) is 5.60 Å². The zero-order valence-electron chi connectivity index (χ0n) is 14.6. The fourth-order valence-corrected chi connectivity index (χ4v) is 3.87. The van der Waals surface area contributed by atoms with Crippen LogP contribution in [0.4, 0.5) is 0 Å². The molecule has 0 radical (unpaired) electrons. The third-order valence-electron chi connectivity index (χ3n) is 4.04. The van der Waals surface area contributed by atoms with Gasteiger partial charge in [-0.1, -0.05) is 19.1 Å². The average molecular weight is 340 g/mol. The summed E-state index contributed by atoms with van der Waals surface area (Å²) in [7, 11) is -3.08. The summed E-state index contributed by atoms with van der Waals surface area (Å²) in [6.45, 7) is 8.75. The molecule has 0 spiro atoms. The molecule has 23 heavy (non-hydrogen) atoms. The van der Waals surface area contributed by atoms with Gasteiger partial charge in [0.2, 0.25) is 10.0 Å². The van der Waals surface area contributed by atoms with Gasteiger partial charge in [0.1, 0.15) is 11.4 Å². The van der Waals surface area contributed by atoms with E-state index in [1.54, 1.807) is 0 Å². The van der Waals surface area contributed by atoms with Gasteiger partial charge in [-0.25, -0.2) is 12.7 Å². The van der Waals surface area contributed by atoms with E-state index >= 15 is 0 Å². The van der Waals surface area contributed by atoms with Crippen LogP contribution in [0.3, 0.4) is 0 Å². The number of benzene rings is 1. The number of ether oxygens (including phenoxy) is 1. The maximum Gasteiger partial charge on any atom is 0.211 e. The summed E-state index contributed by atoms with van der Waals surface area (Å²) in [5.41, 5.74) is 2.40. The second kappa shape index (κ2) is 7.20. The van der Waals surface area contributed by atoms with Gasteiger partial charge in [0, 0.05) is 26.1 Å². The molecule has 1 aromatic rings. The second-order valence-corrected chi connectivity index (χ2v) is 8.75. The first-order valence-corrected chi connectivity index (χ1v) is 10.0. The van der Waals surface area contributed by atoms with Gasteiger partial charge in [-0.2, -0.15) is 0 Å². The van der Waals surface area contributed by atoms with Crippen molar-refractivity contribution in [1.29, 1.82) is 0 Å². The Morgan fingerprint density at radius 3 is 2.74 bits per heavy atom. The van der Waals surface area contributed by atoms with Crippen molar-refractivity contribution in [3.05, 3.63) is 29.3 Å². The summed E-state index contributed by atoms with van der Waals surface area (Å²) in [6, 6.07) is 6.33. The fraction of sp³-hybridized carbons (Fsp3) is 0.647. The predicted molar refractivity (Wildman–Crippen MR) is 93.3 cm³/mol. The third-order valence-corrected chi connectivity index (χ3v) is 5.42. The molecule has 2 rings (SSSR count). The van der Waals surface area contributed by atoms with Crippen molar-refractivity contribution in [2.75, 3.05) is 25.9 Å². The van der Waals surface area contributed by atoms with Gasteiger partial charge in [0.05, 0.1) is 6.26 Å². The Balaban J connectivity index is 1.76. The van der Waals surface area contributed by atoms with Crippen molar-refractivity contribution in [2.24, 2.45) is 0 Å². The van der Waals surface area contributed by atoms with E-state index in [9.17, 15) is 8.42 Å². The highest BCUT2D eigenvalue weighted by Gasteiger charge is 2.29. The quantitative estimate of drug-likeness (QED) is 0.737. The number of sulfonamides is 1. The van der Waals surface area contributed by atoms with E-state index in [0.717, 1.165) is 31.7 Å². The van der Waals surface area contributed by atoms with Crippen LogP contribution in [0.25, 0.3) is 0 Å². The molecule has 0 bridgehead atoms. The lowest BCUT2D eigenvalue weighted by Gasteiger charge is -2.17. The van der Waals surface area contributed by atoms with Crippen LogP contribution < -0.4 is 10.1 Å². The first-order valence-electron chi connectivity index (χ1n) is 8.18. The monoisotopic (exact) mass is 340 g/mol. The average Bonchev–Trinajstić information content (AvgIpc) is 2.74. The van der Waals surface area contributed by atoms with Crippen LogP contribution in [0.2, 0.25) is 0 Å². The van der Waals surface area contributed by atoms with Crippen LogP contribution in [0.5, 0.6) is 5.75 Å². The van der Waals surface area contributed by atoms with Gasteiger partial charge in [0.25, 0.3) is 0 Å². The molecule has 1 aliphatic rings.